The summed E-state index contributed by atoms with van der Waals surface area (Å²) in [7, 11) is 0. The maximum absolute atomic E-state index is 12.1. The van der Waals surface area contributed by atoms with Crippen LogP contribution in [-0.4, -0.2) is 11.1 Å². The normalized spacial score (nSPS) is 11.3. The number of para-hydroxylation sites is 1. The number of amides is 1. The van der Waals surface area contributed by atoms with Gasteiger partial charge in [-0.15, -0.1) is 0 Å². The van der Waals surface area contributed by atoms with Crippen molar-refractivity contribution in [2.24, 2.45) is 5.92 Å². The highest BCUT2D eigenvalue weighted by atomic mass is 16.5. The fraction of sp³-hybridized carbons (Fsp3) is 0.412. The van der Waals surface area contributed by atoms with Crippen LogP contribution in [0.1, 0.15) is 37.8 Å². The molecule has 0 spiro atoms. The predicted molar refractivity (Wildman–Crippen MR) is 85.3 cm³/mol. The number of aryl methyl sites for hydroxylation is 1. The van der Waals surface area contributed by atoms with Crippen LogP contribution in [0.25, 0.3) is 0 Å². The highest BCUT2D eigenvalue weighted by Crippen LogP contribution is 2.17. The Balaban J connectivity index is 0.00000106. The van der Waals surface area contributed by atoms with Crippen LogP contribution in [0.2, 0.25) is 0 Å². The molecule has 2 aromatic rings. The monoisotopic (exact) mass is 288 g/mol. The number of nitrogens with one attached hydrogen (secondary N) is 1. The SMILES string of the molecule is CC.Cc1onc(C[C@H](C)C(=O)Nc2ccccc2)c1C. The van der Waals surface area contributed by atoms with Crippen LogP contribution in [0.15, 0.2) is 34.9 Å². The lowest BCUT2D eigenvalue weighted by Gasteiger charge is -2.11. The van der Waals surface area contributed by atoms with Gasteiger partial charge in [-0.2, -0.15) is 0 Å². The Morgan fingerprint density at radius 3 is 2.38 bits per heavy atom. The van der Waals surface area contributed by atoms with Crippen molar-refractivity contribution in [2.75, 3.05) is 5.32 Å². The number of aromatic nitrogens is 1. The molecule has 21 heavy (non-hydrogen) atoms. The van der Waals surface area contributed by atoms with Crippen molar-refractivity contribution in [1.29, 1.82) is 0 Å². The second-order valence-corrected chi connectivity index (χ2v) is 4.77. The largest absolute Gasteiger partial charge is 0.361 e. The van der Waals surface area contributed by atoms with Gasteiger partial charge in [-0.1, -0.05) is 44.1 Å². The molecule has 0 saturated heterocycles. The van der Waals surface area contributed by atoms with Crippen molar-refractivity contribution in [3.63, 3.8) is 0 Å². The molecule has 1 atom stereocenters. The third-order valence-electron chi connectivity index (χ3n) is 3.24. The van der Waals surface area contributed by atoms with Gasteiger partial charge in [0.1, 0.15) is 5.76 Å². The van der Waals surface area contributed by atoms with Gasteiger partial charge in [0.05, 0.1) is 5.69 Å². The predicted octanol–water partition coefficient (Wildman–Crippen LogP) is 4.13. The molecular weight excluding hydrogens is 264 g/mol. The Labute approximate surface area is 126 Å². The summed E-state index contributed by atoms with van der Waals surface area (Å²) in [6.45, 7) is 9.73. The van der Waals surface area contributed by atoms with Gasteiger partial charge >= 0.3 is 0 Å². The molecule has 1 aromatic carbocycles. The molecule has 4 nitrogen and oxygen atoms in total. The molecular formula is C17H24N2O2. The number of nitrogens with zero attached hydrogens (tertiary/aromatic N) is 1. The molecule has 1 N–H and O–H groups in total. The number of hydrogen-bond donors (Lipinski definition) is 1. The Morgan fingerprint density at radius 1 is 1.24 bits per heavy atom. The lowest BCUT2D eigenvalue weighted by Crippen LogP contribution is -2.22. The lowest BCUT2D eigenvalue weighted by molar-refractivity contribution is -0.119. The van der Waals surface area contributed by atoms with E-state index in [1.807, 2.05) is 65.0 Å². The summed E-state index contributed by atoms with van der Waals surface area (Å²) in [5.41, 5.74) is 2.69. The Morgan fingerprint density at radius 2 is 1.86 bits per heavy atom. The second kappa shape index (κ2) is 8.25. The van der Waals surface area contributed by atoms with Gasteiger partial charge in [0.25, 0.3) is 0 Å². The molecule has 0 radical (unpaired) electrons. The number of rotatable bonds is 4. The van der Waals surface area contributed by atoms with Crippen molar-refractivity contribution >= 4 is 11.6 Å². The van der Waals surface area contributed by atoms with E-state index in [4.69, 9.17) is 4.52 Å². The van der Waals surface area contributed by atoms with E-state index in [0.29, 0.717) is 6.42 Å². The zero-order valence-corrected chi connectivity index (χ0v) is 13.4. The number of carbonyl (C=O) groups is 1. The molecule has 0 aliphatic rings. The van der Waals surface area contributed by atoms with Crippen LogP contribution >= 0.6 is 0 Å². The maximum Gasteiger partial charge on any atom is 0.227 e. The van der Waals surface area contributed by atoms with Crippen molar-refractivity contribution in [2.45, 2.75) is 41.0 Å². The smallest absolute Gasteiger partial charge is 0.227 e. The molecule has 114 valence electrons. The zero-order valence-electron chi connectivity index (χ0n) is 13.4. The molecule has 0 aliphatic heterocycles. The lowest BCUT2D eigenvalue weighted by atomic mass is 10.0. The summed E-state index contributed by atoms with van der Waals surface area (Å²) in [4.78, 5) is 12.1. The van der Waals surface area contributed by atoms with E-state index >= 15 is 0 Å². The summed E-state index contributed by atoms with van der Waals surface area (Å²) < 4.78 is 5.11. The number of anilines is 1. The molecule has 1 heterocycles. The zero-order chi connectivity index (χ0) is 15.8. The summed E-state index contributed by atoms with van der Waals surface area (Å²) in [6.07, 6.45) is 0.585. The third-order valence-corrected chi connectivity index (χ3v) is 3.24. The summed E-state index contributed by atoms with van der Waals surface area (Å²) in [5, 5.41) is 6.88. The molecule has 0 bridgehead atoms. The van der Waals surface area contributed by atoms with Crippen molar-refractivity contribution in [1.82, 2.24) is 5.16 Å². The van der Waals surface area contributed by atoms with Gasteiger partial charge < -0.3 is 9.84 Å². The van der Waals surface area contributed by atoms with Gasteiger partial charge in [-0.3, -0.25) is 4.79 Å². The first kappa shape index (κ1) is 17.0. The minimum absolute atomic E-state index is 0.00810. The Hall–Kier alpha value is -2.10. The van der Waals surface area contributed by atoms with E-state index in [2.05, 4.69) is 10.5 Å². The molecule has 0 unspecified atom stereocenters. The molecule has 2 rings (SSSR count). The van der Waals surface area contributed by atoms with Crippen molar-refractivity contribution in [3.8, 4) is 0 Å². The van der Waals surface area contributed by atoms with Crippen molar-refractivity contribution < 1.29 is 9.32 Å². The quantitative estimate of drug-likeness (QED) is 0.920. The van der Waals surface area contributed by atoms with E-state index in [1.165, 1.54) is 0 Å². The molecule has 0 saturated carbocycles. The Kier molecular flexibility index (Phi) is 6.66. The van der Waals surface area contributed by atoms with E-state index in [9.17, 15) is 4.79 Å². The van der Waals surface area contributed by atoms with E-state index in [1.54, 1.807) is 0 Å². The fourth-order valence-corrected chi connectivity index (χ4v) is 1.82. The summed E-state index contributed by atoms with van der Waals surface area (Å²) >= 11 is 0. The van der Waals surface area contributed by atoms with Gasteiger partial charge in [0.15, 0.2) is 0 Å². The van der Waals surface area contributed by atoms with Crippen LogP contribution in [0, 0.1) is 19.8 Å². The maximum atomic E-state index is 12.1. The average Bonchev–Trinajstić information content (AvgIpc) is 2.82. The fourth-order valence-electron chi connectivity index (χ4n) is 1.82. The minimum atomic E-state index is -0.150. The van der Waals surface area contributed by atoms with Crippen LogP contribution in [0.5, 0.6) is 0 Å². The number of hydrogen-bond acceptors (Lipinski definition) is 3. The van der Waals surface area contributed by atoms with E-state index in [-0.39, 0.29) is 11.8 Å². The molecule has 1 amide bonds. The topological polar surface area (TPSA) is 55.1 Å². The van der Waals surface area contributed by atoms with Crippen LogP contribution < -0.4 is 5.32 Å². The first-order valence-electron chi connectivity index (χ1n) is 7.35. The summed E-state index contributed by atoms with van der Waals surface area (Å²) in [5.74, 6) is 0.653. The number of benzene rings is 1. The molecule has 0 aliphatic carbocycles. The van der Waals surface area contributed by atoms with Gasteiger partial charge in [-0.25, -0.2) is 0 Å². The van der Waals surface area contributed by atoms with Crippen LogP contribution in [0.3, 0.4) is 0 Å². The van der Waals surface area contributed by atoms with E-state index in [0.717, 1.165) is 22.7 Å². The molecule has 0 fully saturated rings. The second-order valence-electron chi connectivity index (χ2n) is 4.77. The number of carbonyl (C=O) groups excluding carboxylic acids is 1. The van der Waals surface area contributed by atoms with Gasteiger partial charge in [-0.05, 0) is 26.0 Å². The third kappa shape index (κ3) is 4.74. The highest BCUT2D eigenvalue weighted by molar-refractivity contribution is 5.92. The van der Waals surface area contributed by atoms with E-state index < -0.39 is 0 Å². The summed E-state index contributed by atoms with van der Waals surface area (Å²) in [6, 6.07) is 9.45. The Bertz CT molecular complexity index is 561. The highest BCUT2D eigenvalue weighted by Gasteiger charge is 2.18. The average molecular weight is 288 g/mol. The van der Waals surface area contributed by atoms with Gasteiger partial charge in [0, 0.05) is 23.6 Å². The van der Waals surface area contributed by atoms with Gasteiger partial charge in [0.2, 0.25) is 5.91 Å². The standard InChI is InChI=1S/C15H18N2O2.C2H6/c1-10(9-14-11(2)12(3)19-17-14)15(18)16-13-7-5-4-6-8-13;1-2/h4-8,10H,9H2,1-3H3,(H,16,18);1-2H3/t10-;/m0./s1. The van der Waals surface area contributed by atoms with Crippen LogP contribution in [0.4, 0.5) is 5.69 Å². The first-order valence-corrected chi connectivity index (χ1v) is 7.35. The minimum Gasteiger partial charge on any atom is -0.361 e. The molecule has 4 heteroatoms. The first-order chi connectivity index (χ1) is 10.1. The van der Waals surface area contributed by atoms with Crippen LogP contribution in [-0.2, 0) is 11.2 Å². The van der Waals surface area contributed by atoms with Crippen molar-refractivity contribution in [3.05, 3.63) is 47.3 Å². The molecule has 1 aromatic heterocycles.